The maximum atomic E-state index is 13.7. The lowest BCUT2D eigenvalue weighted by Crippen LogP contribution is -2.39. The van der Waals surface area contributed by atoms with E-state index >= 15 is 0 Å². The maximum absolute atomic E-state index is 13.7. The number of imidazole rings is 1. The van der Waals surface area contributed by atoms with Gasteiger partial charge in [-0.3, -0.25) is 9.59 Å². The van der Waals surface area contributed by atoms with Crippen LogP contribution >= 0.6 is 23.5 Å². The second-order valence-corrected chi connectivity index (χ2v) is 14.4. The predicted molar refractivity (Wildman–Crippen MR) is 196 cm³/mol. The van der Waals surface area contributed by atoms with Crippen molar-refractivity contribution in [1.82, 2.24) is 14.9 Å². The number of carbonyl (C=O) groups is 3. The fraction of sp³-hybridized carbons (Fsp3) is 0.405. The number of thioether (sulfide) groups is 2. The molecule has 47 heavy (non-hydrogen) atoms. The molecule has 0 bridgehead atoms. The van der Waals surface area contributed by atoms with E-state index in [4.69, 9.17) is 10.7 Å². The molecule has 0 saturated heterocycles. The first-order chi connectivity index (χ1) is 22.5. The topological polar surface area (TPSA) is 127 Å². The summed E-state index contributed by atoms with van der Waals surface area (Å²) in [5, 5.41) is 12.8. The van der Waals surface area contributed by atoms with Crippen molar-refractivity contribution in [3.05, 3.63) is 88.7 Å². The van der Waals surface area contributed by atoms with E-state index in [1.165, 1.54) is 11.8 Å². The fourth-order valence-electron chi connectivity index (χ4n) is 5.72. The van der Waals surface area contributed by atoms with Gasteiger partial charge in [-0.1, -0.05) is 75.0 Å². The van der Waals surface area contributed by atoms with Crippen molar-refractivity contribution in [2.45, 2.75) is 72.0 Å². The Morgan fingerprint density at radius 1 is 1.06 bits per heavy atom. The Bertz CT molecular complexity index is 1700. The van der Waals surface area contributed by atoms with Crippen LogP contribution < -0.4 is 11.1 Å². The van der Waals surface area contributed by atoms with Crippen molar-refractivity contribution >= 4 is 51.5 Å². The molecule has 0 radical (unpaired) electrons. The molecule has 10 heteroatoms. The molecule has 8 nitrogen and oxygen atoms in total. The fourth-order valence-corrected chi connectivity index (χ4v) is 7.12. The van der Waals surface area contributed by atoms with Gasteiger partial charge in [0, 0.05) is 30.3 Å². The number of fused-ring (bicyclic) bond motifs is 1. The van der Waals surface area contributed by atoms with Crippen molar-refractivity contribution in [1.29, 1.82) is 0 Å². The molecular formula is C37H46N4O4S2. The number of carboxylic acids is 1. The molecule has 0 spiro atoms. The van der Waals surface area contributed by atoms with Gasteiger partial charge in [-0.05, 0) is 84.6 Å². The van der Waals surface area contributed by atoms with Gasteiger partial charge < -0.3 is 20.7 Å². The van der Waals surface area contributed by atoms with Crippen molar-refractivity contribution in [2.75, 3.05) is 17.8 Å². The van der Waals surface area contributed by atoms with Crippen LogP contribution in [0.2, 0.25) is 0 Å². The first-order valence-corrected chi connectivity index (χ1v) is 18.5. The minimum Gasteiger partial charge on any atom is -0.478 e. The van der Waals surface area contributed by atoms with Crippen molar-refractivity contribution in [3.8, 4) is 11.1 Å². The second kappa shape index (κ2) is 17.0. The predicted octanol–water partition coefficient (Wildman–Crippen LogP) is 7.20. The number of carbonyl (C=O) groups excluding carboxylic acids is 2. The zero-order valence-electron chi connectivity index (χ0n) is 27.9. The number of nitrogens with zero attached hydrogens (tertiary/aromatic N) is 2. The van der Waals surface area contributed by atoms with Gasteiger partial charge >= 0.3 is 5.97 Å². The van der Waals surface area contributed by atoms with E-state index in [1.54, 1.807) is 23.9 Å². The standard InChI is InChI=1S/C37H46N4O4S2/c1-6-9-33-40-34-24(4)19-27(35(42)39-28(18-23(2)3)22-47-37(45)31(38)16-17-46-5)20-32(34)41(33)21-25-12-14-26(15-13-25)29-10-7-8-11-30(29)36(43)44/h7-8,10-15,19-20,23,28,31H,6,9,16-18,21-22,38H2,1-5H3,(H,39,42)(H,43,44)/t28-,31+/m1/s1. The van der Waals surface area contributed by atoms with E-state index in [2.05, 4.69) is 30.7 Å². The number of benzene rings is 3. The minimum atomic E-state index is -0.956. The SMILES string of the molecule is CCCc1nc2c(C)cc(C(=O)N[C@@H](CSC(=O)[C@@H](N)CCSC)CC(C)C)cc2n1Cc1ccc(-c2ccccc2C(=O)O)cc1. The Hall–Kier alpha value is -3.60. The van der Waals surface area contributed by atoms with Gasteiger partial charge in [0.1, 0.15) is 5.82 Å². The van der Waals surface area contributed by atoms with Gasteiger partial charge in [0.2, 0.25) is 5.12 Å². The van der Waals surface area contributed by atoms with E-state index in [0.717, 1.165) is 58.6 Å². The molecule has 0 fully saturated rings. The lowest BCUT2D eigenvalue weighted by Gasteiger charge is -2.21. The van der Waals surface area contributed by atoms with Crippen LogP contribution in [-0.4, -0.2) is 61.5 Å². The minimum absolute atomic E-state index is 0.0363. The summed E-state index contributed by atoms with van der Waals surface area (Å²) in [6.45, 7) is 8.88. The second-order valence-electron chi connectivity index (χ2n) is 12.4. The number of hydrogen-bond donors (Lipinski definition) is 3. The van der Waals surface area contributed by atoms with Crippen LogP contribution in [0.5, 0.6) is 0 Å². The van der Waals surface area contributed by atoms with Crippen LogP contribution in [0.15, 0.2) is 60.7 Å². The first-order valence-electron chi connectivity index (χ1n) is 16.2. The van der Waals surface area contributed by atoms with Gasteiger partial charge in [-0.25, -0.2) is 9.78 Å². The molecule has 0 unspecified atom stereocenters. The normalized spacial score (nSPS) is 12.7. The maximum Gasteiger partial charge on any atom is 0.336 e. The molecule has 4 aromatic rings. The molecule has 1 aromatic heterocycles. The molecule has 4 rings (SSSR count). The van der Waals surface area contributed by atoms with E-state index < -0.39 is 12.0 Å². The number of hydrogen-bond acceptors (Lipinski definition) is 7. The summed E-state index contributed by atoms with van der Waals surface area (Å²) < 4.78 is 2.18. The summed E-state index contributed by atoms with van der Waals surface area (Å²) in [7, 11) is 0. The molecular weight excluding hydrogens is 629 g/mol. The van der Waals surface area contributed by atoms with Gasteiger partial charge in [-0.2, -0.15) is 11.8 Å². The smallest absolute Gasteiger partial charge is 0.336 e. The third kappa shape index (κ3) is 9.49. The zero-order chi connectivity index (χ0) is 34.1. The molecule has 1 amide bonds. The summed E-state index contributed by atoms with van der Waals surface area (Å²) in [6, 6.07) is 18.1. The number of aromatic nitrogens is 2. The Morgan fingerprint density at radius 3 is 2.45 bits per heavy atom. The number of aromatic carboxylic acids is 1. The average Bonchev–Trinajstić information content (AvgIpc) is 3.39. The lowest BCUT2D eigenvalue weighted by molar-refractivity contribution is -0.112. The summed E-state index contributed by atoms with van der Waals surface area (Å²) in [4.78, 5) is 43.1. The van der Waals surface area contributed by atoms with Crippen LogP contribution in [-0.2, 0) is 17.8 Å². The largest absolute Gasteiger partial charge is 0.478 e. The Kier molecular flexibility index (Phi) is 13.1. The van der Waals surface area contributed by atoms with Crippen LogP contribution in [0.25, 0.3) is 22.2 Å². The average molecular weight is 675 g/mol. The Morgan fingerprint density at radius 2 is 1.79 bits per heavy atom. The molecule has 3 aromatic carbocycles. The summed E-state index contributed by atoms with van der Waals surface area (Å²) in [5.41, 5.74) is 12.2. The Balaban J connectivity index is 1.59. The van der Waals surface area contributed by atoms with Crippen LogP contribution in [0.1, 0.15) is 77.7 Å². The summed E-state index contributed by atoms with van der Waals surface area (Å²) in [5.74, 6) is 1.48. The zero-order valence-corrected chi connectivity index (χ0v) is 29.5. The summed E-state index contributed by atoms with van der Waals surface area (Å²) >= 11 is 2.88. The number of amides is 1. The highest BCUT2D eigenvalue weighted by Gasteiger charge is 2.22. The third-order valence-corrected chi connectivity index (χ3v) is 9.88. The molecule has 4 N–H and O–H groups in total. The third-order valence-electron chi connectivity index (χ3n) is 8.08. The first kappa shape index (κ1) is 36.2. The monoisotopic (exact) mass is 674 g/mol. The number of nitrogens with two attached hydrogens (primary N) is 1. The van der Waals surface area contributed by atoms with Gasteiger partial charge in [0.15, 0.2) is 0 Å². The number of carboxylic acid groups (broad SMARTS) is 1. The number of rotatable bonds is 16. The lowest BCUT2D eigenvalue weighted by atomic mass is 9.98. The highest BCUT2D eigenvalue weighted by atomic mass is 32.2. The quantitative estimate of drug-likeness (QED) is 0.114. The number of nitrogens with one attached hydrogen (secondary N) is 1. The van der Waals surface area contributed by atoms with Crippen LogP contribution in [0, 0.1) is 12.8 Å². The van der Waals surface area contributed by atoms with E-state index in [9.17, 15) is 19.5 Å². The van der Waals surface area contributed by atoms with E-state index in [-0.39, 0.29) is 22.6 Å². The molecule has 1 heterocycles. The molecule has 0 aliphatic rings. The van der Waals surface area contributed by atoms with Crippen molar-refractivity contribution in [2.24, 2.45) is 11.7 Å². The molecule has 0 aliphatic carbocycles. The van der Waals surface area contributed by atoms with E-state index in [1.807, 2.05) is 61.7 Å². The van der Waals surface area contributed by atoms with Crippen molar-refractivity contribution < 1.29 is 19.5 Å². The van der Waals surface area contributed by atoms with Gasteiger partial charge in [0.25, 0.3) is 5.91 Å². The summed E-state index contributed by atoms with van der Waals surface area (Å²) in [6.07, 6.45) is 5.11. The van der Waals surface area contributed by atoms with Crippen LogP contribution in [0.4, 0.5) is 0 Å². The molecule has 2 atom stereocenters. The number of aryl methyl sites for hydroxylation is 2. The highest BCUT2D eigenvalue weighted by molar-refractivity contribution is 8.13. The van der Waals surface area contributed by atoms with Crippen molar-refractivity contribution in [3.63, 3.8) is 0 Å². The molecule has 0 saturated carbocycles. The molecule has 250 valence electrons. The Labute approximate surface area is 286 Å². The van der Waals surface area contributed by atoms with Gasteiger partial charge in [-0.15, -0.1) is 0 Å². The van der Waals surface area contributed by atoms with Crippen LogP contribution in [0.3, 0.4) is 0 Å². The molecule has 0 aliphatic heterocycles. The highest BCUT2D eigenvalue weighted by Crippen LogP contribution is 2.27. The van der Waals surface area contributed by atoms with E-state index in [0.29, 0.717) is 35.8 Å². The van der Waals surface area contributed by atoms with Gasteiger partial charge in [0.05, 0.1) is 22.6 Å².